The van der Waals surface area contributed by atoms with Crippen molar-refractivity contribution in [2.75, 3.05) is 7.05 Å². The average molecular weight is 340 g/mol. The van der Waals surface area contributed by atoms with Crippen LogP contribution in [0, 0.1) is 13.8 Å². The number of aromatic nitrogens is 1. The highest BCUT2D eigenvalue weighted by Gasteiger charge is 2.27. The van der Waals surface area contributed by atoms with E-state index in [1.807, 2.05) is 25.8 Å². The first-order chi connectivity index (χ1) is 12.1. The molecule has 0 saturated heterocycles. The Morgan fingerprint density at radius 1 is 1.16 bits per heavy atom. The number of rotatable bonds is 5. The molecule has 0 radical (unpaired) electrons. The van der Waals surface area contributed by atoms with Crippen LogP contribution >= 0.6 is 0 Å². The van der Waals surface area contributed by atoms with Gasteiger partial charge in [-0.2, -0.15) is 0 Å². The van der Waals surface area contributed by atoms with Gasteiger partial charge < -0.3 is 9.42 Å². The quantitative estimate of drug-likeness (QED) is 0.810. The maximum Gasteiger partial charge on any atom is 0.222 e. The summed E-state index contributed by atoms with van der Waals surface area (Å²) < 4.78 is 5.18. The fourth-order valence-electron chi connectivity index (χ4n) is 3.99. The minimum atomic E-state index is 0.225. The summed E-state index contributed by atoms with van der Waals surface area (Å²) in [5.74, 6) is 1.70. The van der Waals surface area contributed by atoms with E-state index in [-0.39, 0.29) is 5.91 Å². The van der Waals surface area contributed by atoms with E-state index in [1.165, 1.54) is 5.56 Å². The molecule has 2 aromatic rings. The lowest BCUT2D eigenvalue weighted by molar-refractivity contribution is -0.132. The summed E-state index contributed by atoms with van der Waals surface area (Å²) in [5, 5.41) is 3.97. The molecule has 1 fully saturated rings. The van der Waals surface area contributed by atoms with E-state index in [1.54, 1.807) is 0 Å². The van der Waals surface area contributed by atoms with Gasteiger partial charge in [-0.15, -0.1) is 0 Å². The molecule has 1 heterocycles. The first-order valence-electron chi connectivity index (χ1n) is 9.28. The number of hydrogen-bond acceptors (Lipinski definition) is 3. The van der Waals surface area contributed by atoms with Crippen molar-refractivity contribution in [3.05, 3.63) is 52.9 Å². The van der Waals surface area contributed by atoms with E-state index in [0.29, 0.717) is 24.8 Å². The van der Waals surface area contributed by atoms with Gasteiger partial charge in [0, 0.05) is 25.1 Å². The molecule has 4 heteroatoms. The second kappa shape index (κ2) is 7.85. The van der Waals surface area contributed by atoms with Gasteiger partial charge in [0.2, 0.25) is 5.91 Å². The first-order valence-corrected chi connectivity index (χ1v) is 9.28. The summed E-state index contributed by atoms with van der Waals surface area (Å²) >= 11 is 0. The molecular weight excluding hydrogens is 312 g/mol. The lowest BCUT2D eigenvalue weighted by atomic mass is 9.81. The van der Waals surface area contributed by atoms with Gasteiger partial charge in [-0.3, -0.25) is 4.79 Å². The topological polar surface area (TPSA) is 46.3 Å². The molecular formula is C21H28N2O2. The molecule has 1 aromatic carbocycles. The van der Waals surface area contributed by atoms with Gasteiger partial charge in [0.25, 0.3) is 0 Å². The monoisotopic (exact) mass is 340 g/mol. The van der Waals surface area contributed by atoms with Crippen molar-refractivity contribution in [2.45, 2.75) is 64.3 Å². The van der Waals surface area contributed by atoms with E-state index in [0.717, 1.165) is 42.7 Å². The molecule has 25 heavy (non-hydrogen) atoms. The maximum atomic E-state index is 12.6. The van der Waals surface area contributed by atoms with Crippen LogP contribution in [-0.2, 0) is 11.2 Å². The lowest BCUT2D eigenvalue weighted by Gasteiger charge is -2.35. The van der Waals surface area contributed by atoms with Crippen LogP contribution in [0.2, 0.25) is 0 Å². The van der Waals surface area contributed by atoms with Crippen molar-refractivity contribution in [3.63, 3.8) is 0 Å². The fraction of sp³-hybridized carbons (Fsp3) is 0.524. The van der Waals surface area contributed by atoms with E-state index >= 15 is 0 Å². The van der Waals surface area contributed by atoms with Crippen molar-refractivity contribution in [1.82, 2.24) is 10.1 Å². The van der Waals surface area contributed by atoms with Crippen molar-refractivity contribution in [1.29, 1.82) is 0 Å². The number of carbonyl (C=O) groups is 1. The number of amides is 1. The molecule has 3 rings (SSSR count). The van der Waals surface area contributed by atoms with Gasteiger partial charge in [-0.1, -0.05) is 35.5 Å². The van der Waals surface area contributed by atoms with Crippen LogP contribution in [0.15, 0.2) is 34.9 Å². The van der Waals surface area contributed by atoms with Gasteiger partial charge in [-0.05, 0) is 57.4 Å². The highest BCUT2D eigenvalue weighted by molar-refractivity contribution is 5.76. The van der Waals surface area contributed by atoms with Crippen molar-refractivity contribution >= 4 is 5.91 Å². The Bertz CT molecular complexity index is 680. The third-order valence-electron chi connectivity index (χ3n) is 5.68. The zero-order chi connectivity index (χ0) is 17.8. The van der Waals surface area contributed by atoms with Crippen molar-refractivity contribution in [2.24, 2.45) is 0 Å². The lowest BCUT2D eigenvalue weighted by Crippen LogP contribution is -2.39. The summed E-state index contributed by atoms with van der Waals surface area (Å²) in [5.41, 5.74) is 3.42. The summed E-state index contributed by atoms with van der Waals surface area (Å²) in [6, 6.07) is 11.1. The smallest absolute Gasteiger partial charge is 0.222 e. The summed E-state index contributed by atoms with van der Waals surface area (Å²) in [6.45, 7) is 3.85. The zero-order valence-electron chi connectivity index (χ0n) is 15.5. The van der Waals surface area contributed by atoms with Gasteiger partial charge >= 0.3 is 0 Å². The second-order valence-corrected chi connectivity index (χ2v) is 7.22. The summed E-state index contributed by atoms with van der Waals surface area (Å²) in [7, 11) is 1.96. The van der Waals surface area contributed by atoms with Crippen LogP contribution in [0.3, 0.4) is 0 Å². The molecule has 0 unspecified atom stereocenters. The molecule has 0 atom stereocenters. The number of nitrogens with zero attached hydrogens (tertiary/aromatic N) is 2. The normalized spacial score (nSPS) is 20.4. The highest BCUT2D eigenvalue weighted by Crippen LogP contribution is 2.34. The predicted molar refractivity (Wildman–Crippen MR) is 98.5 cm³/mol. The number of benzene rings is 1. The Kier molecular flexibility index (Phi) is 5.57. The van der Waals surface area contributed by atoms with E-state index in [2.05, 4.69) is 35.5 Å². The van der Waals surface area contributed by atoms with Gasteiger partial charge in [0.1, 0.15) is 5.76 Å². The van der Waals surface area contributed by atoms with Gasteiger partial charge in [-0.25, -0.2) is 0 Å². The van der Waals surface area contributed by atoms with E-state index < -0.39 is 0 Å². The van der Waals surface area contributed by atoms with Gasteiger partial charge in [0.05, 0.1) is 5.69 Å². The van der Waals surface area contributed by atoms with Crippen LogP contribution in [0.5, 0.6) is 0 Å². The van der Waals surface area contributed by atoms with E-state index in [4.69, 9.17) is 4.52 Å². The van der Waals surface area contributed by atoms with Crippen LogP contribution in [-0.4, -0.2) is 29.1 Å². The number of carbonyl (C=O) groups excluding carboxylic acids is 1. The molecule has 4 nitrogen and oxygen atoms in total. The number of hydrogen-bond donors (Lipinski definition) is 0. The van der Waals surface area contributed by atoms with Gasteiger partial charge in [0.15, 0.2) is 0 Å². The standard InChI is InChI=1S/C21H28N2O2/c1-15-20(16(2)25-22-15)13-14-21(24)23(3)19-11-9-18(10-12-19)17-7-5-4-6-8-17/h4-8,18-19H,9-14H2,1-3H3. The van der Waals surface area contributed by atoms with Crippen molar-refractivity contribution in [3.8, 4) is 0 Å². The zero-order valence-corrected chi connectivity index (χ0v) is 15.5. The minimum absolute atomic E-state index is 0.225. The van der Waals surface area contributed by atoms with Crippen LogP contribution in [0.1, 0.15) is 60.6 Å². The molecule has 0 aliphatic heterocycles. The number of aryl methyl sites for hydroxylation is 2. The second-order valence-electron chi connectivity index (χ2n) is 7.22. The minimum Gasteiger partial charge on any atom is -0.361 e. The molecule has 1 aliphatic rings. The summed E-state index contributed by atoms with van der Waals surface area (Å²) in [6.07, 6.45) is 5.74. The van der Waals surface area contributed by atoms with Crippen LogP contribution in [0.4, 0.5) is 0 Å². The Morgan fingerprint density at radius 3 is 2.44 bits per heavy atom. The Labute approximate surface area is 150 Å². The van der Waals surface area contributed by atoms with E-state index in [9.17, 15) is 4.79 Å². The Hall–Kier alpha value is -2.10. The third-order valence-corrected chi connectivity index (χ3v) is 5.68. The average Bonchev–Trinajstić information content (AvgIpc) is 2.98. The molecule has 0 bridgehead atoms. The third kappa shape index (κ3) is 4.12. The maximum absolute atomic E-state index is 12.6. The predicted octanol–water partition coefficient (Wildman–Crippen LogP) is 4.41. The molecule has 1 aromatic heterocycles. The molecule has 134 valence electrons. The largest absolute Gasteiger partial charge is 0.361 e. The fourth-order valence-corrected chi connectivity index (χ4v) is 3.99. The molecule has 1 saturated carbocycles. The highest BCUT2D eigenvalue weighted by atomic mass is 16.5. The van der Waals surface area contributed by atoms with Crippen LogP contribution in [0.25, 0.3) is 0 Å². The van der Waals surface area contributed by atoms with Crippen LogP contribution < -0.4 is 0 Å². The SMILES string of the molecule is Cc1noc(C)c1CCC(=O)N(C)C1CCC(c2ccccc2)CC1. The van der Waals surface area contributed by atoms with Crippen molar-refractivity contribution < 1.29 is 9.32 Å². The Balaban J connectivity index is 1.50. The molecule has 0 N–H and O–H groups in total. The summed E-state index contributed by atoms with van der Waals surface area (Å²) in [4.78, 5) is 14.6. The molecule has 1 amide bonds. The molecule has 1 aliphatic carbocycles. The Morgan fingerprint density at radius 2 is 1.84 bits per heavy atom. The molecule has 0 spiro atoms. The first kappa shape index (κ1) is 17.7.